The lowest BCUT2D eigenvalue weighted by Crippen LogP contribution is -2.35. The first-order valence-corrected chi connectivity index (χ1v) is 4.87. The third-order valence-electron chi connectivity index (χ3n) is 2.74. The number of aldehydes is 1. The van der Waals surface area contributed by atoms with Crippen LogP contribution in [0.15, 0.2) is 0 Å². The molecule has 0 aromatic carbocycles. The van der Waals surface area contributed by atoms with E-state index in [-0.39, 0.29) is 6.29 Å². The molecule has 3 heteroatoms. The summed E-state index contributed by atoms with van der Waals surface area (Å²) in [5.41, 5.74) is 0. The van der Waals surface area contributed by atoms with Crippen molar-refractivity contribution in [3.05, 3.63) is 0 Å². The third-order valence-corrected chi connectivity index (χ3v) is 2.74. The average molecular weight is 186 g/mol. The van der Waals surface area contributed by atoms with Crippen LogP contribution < -0.4 is 0 Å². The molecule has 1 saturated heterocycles. The lowest BCUT2D eigenvalue weighted by molar-refractivity contribution is -0.188. The maximum atomic E-state index is 10.4. The van der Waals surface area contributed by atoms with Gasteiger partial charge in [0.2, 0.25) is 0 Å². The number of rotatable bonds is 4. The van der Waals surface area contributed by atoms with Gasteiger partial charge < -0.3 is 14.3 Å². The minimum Gasteiger partial charge on any atom is -0.356 e. The van der Waals surface area contributed by atoms with E-state index in [1.807, 2.05) is 0 Å². The molecule has 3 nitrogen and oxygen atoms in total. The van der Waals surface area contributed by atoms with Gasteiger partial charge in [0.05, 0.1) is 0 Å². The molecule has 0 radical (unpaired) electrons. The predicted octanol–water partition coefficient (Wildman–Crippen LogP) is 1.61. The molecule has 0 N–H and O–H groups in total. The minimum atomic E-state index is -0.108. The quantitative estimate of drug-likeness (QED) is 0.626. The second-order valence-corrected chi connectivity index (χ2v) is 3.66. The predicted molar refractivity (Wildman–Crippen MR) is 49.3 cm³/mol. The second-order valence-electron chi connectivity index (χ2n) is 3.66. The molecule has 3 atom stereocenters. The summed E-state index contributed by atoms with van der Waals surface area (Å²) in [5.74, 6) is 0.742. The molecule has 0 amide bonds. The van der Waals surface area contributed by atoms with Crippen molar-refractivity contribution in [3.63, 3.8) is 0 Å². The van der Waals surface area contributed by atoms with Crippen molar-refractivity contribution >= 4 is 6.29 Å². The van der Waals surface area contributed by atoms with Crippen molar-refractivity contribution in [1.82, 2.24) is 0 Å². The van der Waals surface area contributed by atoms with Gasteiger partial charge in [-0.3, -0.25) is 0 Å². The summed E-state index contributed by atoms with van der Waals surface area (Å²) in [6.07, 6.45) is 3.66. The zero-order chi connectivity index (χ0) is 9.68. The van der Waals surface area contributed by atoms with Crippen molar-refractivity contribution in [2.45, 2.75) is 32.5 Å². The van der Waals surface area contributed by atoms with Crippen LogP contribution in [0.25, 0.3) is 0 Å². The summed E-state index contributed by atoms with van der Waals surface area (Å²) in [6, 6.07) is 0. The first kappa shape index (κ1) is 10.7. The molecule has 1 rings (SSSR count). The topological polar surface area (TPSA) is 35.5 Å². The third kappa shape index (κ3) is 2.78. The molecule has 0 aliphatic carbocycles. The van der Waals surface area contributed by atoms with Gasteiger partial charge >= 0.3 is 0 Å². The molecule has 0 bridgehead atoms. The van der Waals surface area contributed by atoms with Gasteiger partial charge in [-0.25, -0.2) is 0 Å². The van der Waals surface area contributed by atoms with E-state index in [2.05, 4.69) is 6.92 Å². The molecule has 76 valence electrons. The largest absolute Gasteiger partial charge is 0.356 e. The molecule has 0 saturated carbocycles. The summed E-state index contributed by atoms with van der Waals surface area (Å²) in [4.78, 5) is 10.4. The highest BCUT2D eigenvalue weighted by Crippen LogP contribution is 2.29. The van der Waals surface area contributed by atoms with Crippen molar-refractivity contribution in [2.75, 3.05) is 13.7 Å². The fourth-order valence-electron chi connectivity index (χ4n) is 1.90. The Hall–Kier alpha value is -0.410. The van der Waals surface area contributed by atoms with Crippen LogP contribution in [0.5, 0.6) is 0 Å². The Morgan fingerprint density at radius 3 is 3.08 bits per heavy atom. The van der Waals surface area contributed by atoms with Crippen LogP contribution in [0, 0.1) is 11.8 Å². The molecule has 0 spiro atoms. The Balaban J connectivity index is 2.47. The standard InChI is InChI=1S/C10H18O3/c1-8(5-6-11)9-4-3-7-13-10(9)12-2/h6,8-10H,3-5,7H2,1-2H3. The van der Waals surface area contributed by atoms with Gasteiger partial charge in [0.15, 0.2) is 6.29 Å². The Morgan fingerprint density at radius 1 is 1.69 bits per heavy atom. The summed E-state index contributed by atoms with van der Waals surface area (Å²) in [5, 5.41) is 0. The van der Waals surface area contributed by atoms with Gasteiger partial charge in [-0.1, -0.05) is 6.92 Å². The zero-order valence-electron chi connectivity index (χ0n) is 8.36. The minimum absolute atomic E-state index is 0.108. The van der Waals surface area contributed by atoms with Crippen molar-refractivity contribution < 1.29 is 14.3 Å². The first-order valence-electron chi connectivity index (χ1n) is 4.87. The average Bonchev–Trinajstić information content (AvgIpc) is 2.18. The van der Waals surface area contributed by atoms with Gasteiger partial charge in [0.1, 0.15) is 6.29 Å². The fraction of sp³-hybridized carbons (Fsp3) is 0.900. The monoisotopic (exact) mass is 186 g/mol. The van der Waals surface area contributed by atoms with Crippen molar-refractivity contribution in [1.29, 1.82) is 0 Å². The molecular formula is C10H18O3. The maximum absolute atomic E-state index is 10.4. The molecule has 13 heavy (non-hydrogen) atoms. The maximum Gasteiger partial charge on any atom is 0.160 e. The molecule has 3 unspecified atom stereocenters. The Morgan fingerprint density at radius 2 is 2.46 bits per heavy atom. The van der Waals surface area contributed by atoms with Gasteiger partial charge in [0, 0.05) is 26.1 Å². The molecule has 0 aromatic heterocycles. The van der Waals surface area contributed by atoms with E-state index >= 15 is 0 Å². The second kappa shape index (κ2) is 5.35. The van der Waals surface area contributed by atoms with Crippen LogP contribution in [0.2, 0.25) is 0 Å². The number of hydrogen-bond donors (Lipinski definition) is 0. The highest BCUT2D eigenvalue weighted by atomic mass is 16.7. The summed E-state index contributed by atoms with van der Waals surface area (Å²) >= 11 is 0. The van der Waals surface area contributed by atoms with Gasteiger partial charge in [-0.15, -0.1) is 0 Å². The Bertz CT molecular complexity index is 158. The zero-order valence-corrected chi connectivity index (χ0v) is 8.36. The lowest BCUT2D eigenvalue weighted by atomic mass is 9.86. The summed E-state index contributed by atoms with van der Waals surface area (Å²) in [6.45, 7) is 2.86. The number of carbonyl (C=O) groups is 1. The molecule has 0 aromatic rings. The first-order chi connectivity index (χ1) is 6.29. The van der Waals surface area contributed by atoms with E-state index in [0.717, 1.165) is 25.7 Å². The highest BCUT2D eigenvalue weighted by molar-refractivity contribution is 5.49. The van der Waals surface area contributed by atoms with Crippen LogP contribution in [0.1, 0.15) is 26.2 Å². The Kier molecular flexibility index (Phi) is 4.39. The van der Waals surface area contributed by atoms with Crippen LogP contribution in [-0.4, -0.2) is 26.3 Å². The van der Waals surface area contributed by atoms with Gasteiger partial charge in [-0.2, -0.15) is 0 Å². The van der Waals surface area contributed by atoms with Crippen LogP contribution in [0.3, 0.4) is 0 Å². The lowest BCUT2D eigenvalue weighted by Gasteiger charge is -2.33. The SMILES string of the molecule is COC1OCCCC1C(C)CC=O. The molecule has 1 fully saturated rings. The smallest absolute Gasteiger partial charge is 0.160 e. The normalized spacial score (nSPS) is 31.2. The van der Waals surface area contributed by atoms with Gasteiger partial charge in [0.25, 0.3) is 0 Å². The molecule has 1 aliphatic heterocycles. The van der Waals surface area contributed by atoms with E-state index in [1.165, 1.54) is 0 Å². The van der Waals surface area contributed by atoms with Crippen LogP contribution >= 0.6 is 0 Å². The summed E-state index contributed by atoms with van der Waals surface area (Å²) in [7, 11) is 1.66. The molecule has 1 heterocycles. The fourth-order valence-corrected chi connectivity index (χ4v) is 1.90. The number of hydrogen-bond acceptors (Lipinski definition) is 3. The number of methoxy groups -OCH3 is 1. The summed E-state index contributed by atoms with van der Waals surface area (Å²) < 4.78 is 10.7. The number of carbonyl (C=O) groups excluding carboxylic acids is 1. The van der Waals surface area contributed by atoms with Crippen LogP contribution in [0.4, 0.5) is 0 Å². The molecule has 1 aliphatic rings. The van der Waals surface area contributed by atoms with Crippen molar-refractivity contribution in [3.8, 4) is 0 Å². The van der Waals surface area contributed by atoms with E-state index < -0.39 is 0 Å². The van der Waals surface area contributed by atoms with Crippen molar-refractivity contribution in [2.24, 2.45) is 11.8 Å². The highest BCUT2D eigenvalue weighted by Gasteiger charge is 2.29. The van der Waals surface area contributed by atoms with E-state index in [0.29, 0.717) is 18.3 Å². The van der Waals surface area contributed by atoms with Gasteiger partial charge in [-0.05, 0) is 18.8 Å². The number of ether oxygens (including phenoxy) is 2. The van der Waals surface area contributed by atoms with E-state index in [9.17, 15) is 4.79 Å². The molecular weight excluding hydrogens is 168 g/mol. The Labute approximate surface area is 79.4 Å². The van der Waals surface area contributed by atoms with E-state index in [4.69, 9.17) is 9.47 Å². The van der Waals surface area contributed by atoms with Crippen LogP contribution in [-0.2, 0) is 14.3 Å². The van der Waals surface area contributed by atoms with E-state index in [1.54, 1.807) is 7.11 Å².